The molecule has 0 bridgehead atoms. The molecule has 1 aliphatic rings. The molecule has 1 aliphatic carbocycles. The highest BCUT2D eigenvalue weighted by Crippen LogP contribution is 2.26. The van der Waals surface area contributed by atoms with Gasteiger partial charge < -0.3 is 5.32 Å². The van der Waals surface area contributed by atoms with Gasteiger partial charge in [-0.2, -0.15) is 0 Å². The molecule has 0 spiro atoms. The lowest BCUT2D eigenvalue weighted by molar-refractivity contribution is 0.145. The van der Waals surface area contributed by atoms with Crippen LogP contribution in [0, 0.1) is 5.92 Å². The van der Waals surface area contributed by atoms with Gasteiger partial charge in [-0.15, -0.1) is 0 Å². The average molecular weight is 240 g/mol. The fourth-order valence-corrected chi connectivity index (χ4v) is 3.17. The van der Waals surface area contributed by atoms with Gasteiger partial charge in [-0.25, -0.2) is 0 Å². The molecule has 2 nitrogen and oxygen atoms in total. The van der Waals surface area contributed by atoms with E-state index in [0.29, 0.717) is 6.04 Å². The van der Waals surface area contributed by atoms with Crippen LogP contribution in [-0.2, 0) is 0 Å². The Bertz CT molecular complexity index is 203. The molecule has 0 aromatic carbocycles. The van der Waals surface area contributed by atoms with Crippen molar-refractivity contribution in [3.05, 3.63) is 0 Å². The van der Waals surface area contributed by atoms with Crippen molar-refractivity contribution < 1.29 is 0 Å². The van der Waals surface area contributed by atoms with Gasteiger partial charge in [-0.1, -0.05) is 27.2 Å². The molecule has 0 aromatic heterocycles. The van der Waals surface area contributed by atoms with Gasteiger partial charge in [0.2, 0.25) is 0 Å². The highest BCUT2D eigenvalue weighted by atomic mass is 15.2. The van der Waals surface area contributed by atoms with Crippen molar-refractivity contribution in [1.29, 1.82) is 0 Å². The summed E-state index contributed by atoms with van der Waals surface area (Å²) in [5.74, 6) is 0.802. The van der Waals surface area contributed by atoms with Gasteiger partial charge in [0.15, 0.2) is 0 Å². The zero-order valence-electron chi connectivity index (χ0n) is 12.5. The SMILES string of the molecule is CCCNC1CCCC1N(C)C(C)CC(C)C. The van der Waals surface area contributed by atoms with Crippen molar-refractivity contribution in [1.82, 2.24) is 10.2 Å². The fraction of sp³-hybridized carbons (Fsp3) is 1.00. The van der Waals surface area contributed by atoms with E-state index in [0.717, 1.165) is 18.0 Å². The number of rotatable bonds is 7. The van der Waals surface area contributed by atoms with Gasteiger partial charge in [0, 0.05) is 18.1 Å². The van der Waals surface area contributed by atoms with Gasteiger partial charge in [-0.3, -0.25) is 4.90 Å². The minimum atomic E-state index is 0.712. The number of nitrogens with one attached hydrogen (secondary N) is 1. The summed E-state index contributed by atoms with van der Waals surface area (Å²) in [6.45, 7) is 10.5. The maximum absolute atomic E-state index is 3.73. The molecule has 102 valence electrons. The molecule has 0 radical (unpaired) electrons. The summed E-state index contributed by atoms with van der Waals surface area (Å²) in [6.07, 6.45) is 6.69. The minimum Gasteiger partial charge on any atom is -0.312 e. The second kappa shape index (κ2) is 7.38. The highest BCUT2D eigenvalue weighted by molar-refractivity contribution is 4.90. The van der Waals surface area contributed by atoms with E-state index in [-0.39, 0.29) is 0 Å². The molecule has 2 heteroatoms. The molecule has 0 aromatic rings. The quantitative estimate of drug-likeness (QED) is 0.735. The molecule has 3 atom stereocenters. The van der Waals surface area contributed by atoms with E-state index < -0.39 is 0 Å². The molecular formula is C15H32N2. The van der Waals surface area contributed by atoms with Gasteiger partial charge in [0.1, 0.15) is 0 Å². The third-order valence-electron chi connectivity index (χ3n) is 4.17. The minimum absolute atomic E-state index is 0.712. The van der Waals surface area contributed by atoms with Crippen molar-refractivity contribution in [2.45, 2.75) is 77.9 Å². The molecule has 0 saturated heterocycles. The first kappa shape index (κ1) is 15.0. The normalized spacial score (nSPS) is 27.0. The molecule has 0 heterocycles. The van der Waals surface area contributed by atoms with Gasteiger partial charge >= 0.3 is 0 Å². The lowest BCUT2D eigenvalue weighted by Gasteiger charge is -2.35. The molecule has 0 aliphatic heterocycles. The number of hydrogen-bond acceptors (Lipinski definition) is 2. The molecule has 1 fully saturated rings. The van der Waals surface area contributed by atoms with E-state index in [2.05, 4.69) is 45.0 Å². The van der Waals surface area contributed by atoms with E-state index in [1.807, 2.05) is 0 Å². The van der Waals surface area contributed by atoms with Crippen molar-refractivity contribution in [3.8, 4) is 0 Å². The summed E-state index contributed by atoms with van der Waals surface area (Å²) in [6, 6.07) is 2.20. The van der Waals surface area contributed by atoms with Crippen LogP contribution in [0.5, 0.6) is 0 Å². The maximum Gasteiger partial charge on any atom is 0.0249 e. The Morgan fingerprint density at radius 1 is 1.24 bits per heavy atom. The van der Waals surface area contributed by atoms with Gasteiger partial charge in [-0.05, 0) is 52.1 Å². The summed E-state index contributed by atoms with van der Waals surface area (Å²) < 4.78 is 0. The lowest BCUT2D eigenvalue weighted by Crippen LogP contribution is -2.48. The highest BCUT2D eigenvalue weighted by Gasteiger charge is 2.31. The zero-order chi connectivity index (χ0) is 12.8. The van der Waals surface area contributed by atoms with Crippen molar-refractivity contribution >= 4 is 0 Å². The molecule has 3 unspecified atom stereocenters. The Labute approximate surface area is 108 Å². The molecule has 1 rings (SSSR count). The Morgan fingerprint density at radius 3 is 2.53 bits per heavy atom. The molecule has 17 heavy (non-hydrogen) atoms. The Kier molecular flexibility index (Phi) is 6.50. The molecule has 0 amide bonds. The molecule has 1 N–H and O–H groups in total. The average Bonchev–Trinajstić information content (AvgIpc) is 2.72. The van der Waals surface area contributed by atoms with E-state index in [1.54, 1.807) is 0 Å². The summed E-state index contributed by atoms with van der Waals surface area (Å²) in [5, 5.41) is 3.73. The monoisotopic (exact) mass is 240 g/mol. The van der Waals surface area contributed by atoms with Gasteiger partial charge in [0.25, 0.3) is 0 Å². The molecule has 1 saturated carbocycles. The topological polar surface area (TPSA) is 15.3 Å². The van der Waals surface area contributed by atoms with E-state index in [9.17, 15) is 0 Å². The Morgan fingerprint density at radius 2 is 1.94 bits per heavy atom. The number of nitrogens with zero attached hydrogens (tertiary/aromatic N) is 1. The largest absolute Gasteiger partial charge is 0.312 e. The second-order valence-electron chi connectivity index (χ2n) is 6.20. The second-order valence-corrected chi connectivity index (χ2v) is 6.20. The predicted molar refractivity (Wildman–Crippen MR) is 76.4 cm³/mol. The van der Waals surface area contributed by atoms with Crippen LogP contribution in [-0.4, -0.2) is 36.6 Å². The summed E-state index contributed by atoms with van der Waals surface area (Å²) in [4.78, 5) is 2.63. The molecular weight excluding hydrogens is 208 g/mol. The van der Waals surface area contributed by atoms with Crippen molar-refractivity contribution in [2.24, 2.45) is 5.92 Å². The van der Waals surface area contributed by atoms with Crippen LogP contribution in [0.2, 0.25) is 0 Å². The van der Waals surface area contributed by atoms with Crippen LogP contribution in [0.3, 0.4) is 0 Å². The smallest absolute Gasteiger partial charge is 0.0249 e. The van der Waals surface area contributed by atoms with E-state index in [4.69, 9.17) is 0 Å². The van der Waals surface area contributed by atoms with Crippen LogP contribution < -0.4 is 5.32 Å². The number of likely N-dealkylation sites (N-methyl/N-ethyl adjacent to an activating group) is 1. The van der Waals surface area contributed by atoms with Crippen LogP contribution in [0.15, 0.2) is 0 Å². The van der Waals surface area contributed by atoms with Crippen LogP contribution >= 0.6 is 0 Å². The van der Waals surface area contributed by atoms with E-state index >= 15 is 0 Å². The maximum atomic E-state index is 3.73. The predicted octanol–water partition coefficient (Wildman–Crippen LogP) is 3.27. The van der Waals surface area contributed by atoms with Crippen LogP contribution in [0.1, 0.15) is 59.8 Å². The third kappa shape index (κ3) is 4.59. The third-order valence-corrected chi connectivity index (χ3v) is 4.17. The van der Waals surface area contributed by atoms with E-state index in [1.165, 1.54) is 38.6 Å². The lowest BCUT2D eigenvalue weighted by atomic mass is 10.0. The van der Waals surface area contributed by atoms with Crippen LogP contribution in [0.25, 0.3) is 0 Å². The fourth-order valence-electron chi connectivity index (χ4n) is 3.17. The van der Waals surface area contributed by atoms with Crippen LogP contribution in [0.4, 0.5) is 0 Å². The first-order valence-electron chi connectivity index (χ1n) is 7.51. The first-order chi connectivity index (χ1) is 8.06. The van der Waals surface area contributed by atoms with Crippen molar-refractivity contribution in [2.75, 3.05) is 13.6 Å². The number of hydrogen-bond donors (Lipinski definition) is 1. The van der Waals surface area contributed by atoms with Gasteiger partial charge in [0.05, 0.1) is 0 Å². The Balaban J connectivity index is 2.45. The Hall–Kier alpha value is -0.0800. The standard InChI is InChI=1S/C15H32N2/c1-6-10-16-14-8-7-9-15(14)17(5)13(4)11-12(2)3/h12-16H,6-11H2,1-5H3. The van der Waals surface area contributed by atoms with Crippen molar-refractivity contribution in [3.63, 3.8) is 0 Å². The summed E-state index contributed by atoms with van der Waals surface area (Å²) >= 11 is 0. The first-order valence-corrected chi connectivity index (χ1v) is 7.51. The zero-order valence-corrected chi connectivity index (χ0v) is 12.5. The summed E-state index contributed by atoms with van der Waals surface area (Å²) in [5.41, 5.74) is 0. The summed E-state index contributed by atoms with van der Waals surface area (Å²) in [7, 11) is 2.32.